The highest BCUT2D eigenvalue weighted by atomic mass is 19.1. The first-order chi connectivity index (χ1) is 8.97. The van der Waals surface area contributed by atoms with E-state index in [1.807, 2.05) is 20.9 Å². The number of carbonyl (C=O) groups excluding carboxylic acids is 1. The van der Waals surface area contributed by atoms with Gasteiger partial charge in [0.15, 0.2) is 0 Å². The van der Waals surface area contributed by atoms with Gasteiger partial charge in [-0.2, -0.15) is 5.10 Å². The predicted octanol–water partition coefficient (Wildman–Crippen LogP) is 2.36. The molecule has 0 bridgehead atoms. The van der Waals surface area contributed by atoms with Crippen LogP contribution in [0.1, 0.15) is 17.0 Å². The van der Waals surface area contributed by atoms with Crippen LogP contribution in [-0.2, 0) is 18.3 Å². The SMILES string of the molecule is Cc1nn(C)c(C)c1NC(=O)Cc1ccc(F)cc1. The van der Waals surface area contributed by atoms with Crippen LogP contribution in [0.25, 0.3) is 0 Å². The van der Waals surface area contributed by atoms with Crippen LogP contribution in [0.2, 0.25) is 0 Å². The number of hydrogen-bond acceptors (Lipinski definition) is 2. The van der Waals surface area contributed by atoms with Crippen molar-refractivity contribution < 1.29 is 9.18 Å². The van der Waals surface area contributed by atoms with Gasteiger partial charge < -0.3 is 5.32 Å². The Hall–Kier alpha value is -2.17. The zero-order valence-electron chi connectivity index (χ0n) is 11.2. The molecular weight excluding hydrogens is 245 g/mol. The minimum absolute atomic E-state index is 0.134. The average molecular weight is 261 g/mol. The lowest BCUT2D eigenvalue weighted by molar-refractivity contribution is -0.115. The molecule has 2 rings (SSSR count). The van der Waals surface area contributed by atoms with E-state index in [2.05, 4.69) is 10.4 Å². The van der Waals surface area contributed by atoms with E-state index in [0.29, 0.717) is 0 Å². The van der Waals surface area contributed by atoms with Gasteiger partial charge >= 0.3 is 0 Å². The highest BCUT2D eigenvalue weighted by molar-refractivity contribution is 5.93. The van der Waals surface area contributed by atoms with Gasteiger partial charge in [-0.25, -0.2) is 4.39 Å². The fourth-order valence-electron chi connectivity index (χ4n) is 1.93. The van der Waals surface area contributed by atoms with Crippen molar-refractivity contribution in [3.05, 3.63) is 47.0 Å². The standard InChI is InChI=1S/C14H16FN3O/c1-9-14(10(2)18(3)17-9)16-13(19)8-11-4-6-12(15)7-5-11/h4-7H,8H2,1-3H3,(H,16,19). The minimum atomic E-state index is -0.303. The molecule has 2 aromatic rings. The Morgan fingerprint density at radius 1 is 1.32 bits per heavy atom. The lowest BCUT2D eigenvalue weighted by atomic mass is 10.1. The summed E-state index contributed by atoms with van der Waals surface area (Å²) in [6.45, 7) is 3.74. The zero-order valence-corrected chi connectivity index (χ0v) is 11.2. The van der Waals surface area contributed by atoms with Crippen molar-refractivity contribution in [2.45, 2.75) is 20.3 Å². The fourth-order valence-corrected chi connectivity index (χ4v) is 1.93. The Morgan fingerprint density at radius 3 is 2.47 bits per heavy atom. The third kappa shape index (κ3) is 2.99. The number of anilines is 1. The van der Waals surface area contributed by atoms with E-state index in [-0.39, 0.29) is 18.1 Å². The largest absolute Gasteiger partial charge is 0.323 e. The maximum absolute atomic E-state index is 12.8. The van der Waals surface area contributed by atoms with Crippen molar-refractivity contribution in [2.24, 2.45) is 7.05 Å². The smallest absolute Gasteiger partial charge is 0.228 e. The number of hydrogen-bond donors (Lipinski definition) is 1. The second-order valence-corrected chi connectivity index (χ2v) is 4.52. The van der Waals surface area contributed by atoms with Crippen LogP contribution >= 0.6 is 0 Å². The molecule has 1 aromatic heterocycles. The van der Waals surface area contributed by atoms with Crippen LogP contribution in [0.15, 0.2) is 24.3 Å². The monoisotopic (exact) mass is 261 g/mol. The van der Waals surface area contributed by atoms with E-state index in [1.165, 1.54) is 12.1 Å². The molecular formula is C14H16FN3O. The number of benzene rings is 1. The van der Waals surface area contributed by atoms with Gasteiger partial charge in [0.2, 0.25) is 5.91 Å². The first kappa shape index (κ1) is 13.3. The first-order valence-corrected chi connectivity index (χ1v) is 6.02. The Morgan fingerprint density at radius 2 is 1.95 bits per heavy atom. The lowest BCUT2D eigenvalue weighted by Crippen LogP contribution is -2.15. The first-order valence-electron chi connectivity index (χ1n) is 6.02. The quantitative estimate of drug-likeness (QED) is 0.922. The third-order valence-corrected chi connectivity index (χ3v) is 3.05. The molecule has 0 fully saturated rings. The number of nitrogens with zero attached hydrogens (tertiary/aromatic N) is 2. The molecule has 0 aliphatic rings. The van der Waals surface area contributed by atoms with Crippen LogP contribution in [-0.4, -0.2) is 15.7 Å². The molecule has 0 spiro atoms. The van der Waals surface area contributed by atoms with E-state index >= 15 is 0 Å². The number of aryl methyl sites for hydroxylation is 2. The molecule has 0 aliphatic heterocycles. The highest BCUT2D eigenvalue weighted by Gasteiger charge is 2.12. The molecule has 1 aromatic carbocycles. The van der Waals surface area contributed by atoms with Gasteiger partial charge in [-0.1, -0.05) is 12.1 Å². The molecule has 1 heterocycles. The molecule has 0 saturated heterocycles. The van der Waals surface area contributed by atoms with Crippen molar-refractivity contribution in [1.82, 2.24) is 9.78 Å². The Kier molecular flexibility index (Phi) is 3.64. The Labute approximate surface area is 111 Å². The van der Waals surface area contributed by atoms with Crippen LogP contribution in [0.3, 0.4) is 0 Å². The minimum Gasteiger partial charge on any atom is -0.323 e. The van der Waals surface area contributed by atoms with Crippen molar-refractivity contribution >= 4 is 11.6 Å². The summed E-state index contributed by atoms with van der Waals surface area (Å²) in [4.78, 5) is 11.9. The maximum Gasteiger partial charge on any atom is 0.228 e. The van der Waals surface area contributed by atoms with Gasteiger partial charge in [-0.05, 0) is 31.5 Å². The summed E-state index contributed by atoms with van der Waals surface area (Å²) in [6.07, 6.45) is 0.216. The third-order valence-electron chi connectivity index (χ3n) is 3.05. The molecule has 5 heteroatoms. The number of carbonyl (C=O) groups is 1. The summed E-state index contributed by atoms with van der Waals surface area (Å²) in [6, 6.07) is 5.92. The molecule has 0 aliphatic carbocycles. The summed E-state index contributed by atoms with van der Waals surface area (Å²) >= 11 is 0. The fraction of sp³-hybridized carbons (Fsp3) is 0.286. The summed E-state index contributed by atoms with van der Waals surface area (Å²) < 4.78 is 14.5. The number of aromatic nitrogens is 2. The lowest BCUT2D eigenvalue weighted by Gasteiger charge is -2.06. The van der Waals surface area contributed by atoms with Gasteiger partial charge in [0.05, 0.1) is 23.5 Å². The van der Waals surface area contributed by atoms with Gasteiger partial charge in [-0.3, -0.25) is 9.48 Å². The second kappa shape index (κ2) is 5.22. The van der Waals surface area contributed by atoms with E-state index in [4.69, 9.17) is 0 Å². The number of amides is 1. The van der Waals surface area contributed by atoms with Gasteiger partial charge in [0, 0.05) is 7.05 Å². The van der Waals surface area contributed by atoms with E-state index in [0.717, 1.165) is 22.6 Å². The van der Waals surface area contributed by atoms with Crippen LogP contribution in [0.5, 0.6) is 0 Å². The highest BCUT2D eigenvalue weighted by Crippen LogP contribution is 2.18. The van der Waals surface area contributed by atoms with Crippen LogP contribution < -0.4 is 5.32 Å². The number of nitrogens with one attached hydrogen (secondary N) is 1. The normalized spacial score (nSPS) is 10.5. The maximum atomic E-state index is 12.8. The zero-order chi connectivity index (χ0) is 14.0. The molecule has 4 nitrogen and oxygen atoms in total. The van der Waals surface area contributed by atoms with Crippen molar-refractivity contribution in [1.29, 1.82) is 0 Å². The van der Waals surface area contributed by atoms with Crippen molar-refractivity contribution in [2.75, 3.05) is 5.32 Å². The van der Waals surface area contributed by atoms with Crippen LogP contribution in [0, 0.1) is 19.7 Å². The molecule has 0 radical (unpaired) electrons. The molecule has 100 valence electrons. The Balaban J connectivity index is 2.07. The van der Waals surface area contributed by atoms with Gasteiger partial charge in [-0.15, -0.1) is 0 Å². The average Bonchev–Trinajstić information content (AvgIpc) is 2.59. The summed E-state index contributed by atoms with van der Waals surface area (Å²) in [5, 5.41) is 7.08. The van der Waals surface area contributed by atoms with E-state index in [1.54, 1.807) is 16.8 Å². The number of rotatable bonds is 3. The summed E-state index contributed by atoms with van der Waals surface area (Å²) in [7, 11) is 1.83. The van der Waals surface area contributed by atoms with Gasteiger partial charge in [0.25, 0.3) is 0 Å². The molecule has 19 heavy (non-hydrogen) atoms. The second-order valence-electron chi connectivity index (χ2n) is 4.52. The van der Waals surface area contributed by atoms with Crippen molar-refractivity contribution in [3.8, 4) is 0 Å². The number of halogens is 1. The molecule has 0 unspecified atom stereocenters. The van der Waals surface area contributed by atoms with Crippen LogP contribution in [0.4, 0.5) is 10.1 Å². The molecule has 0 atom stereocenters. The van der Waals surface area contributed by atoms with Crippen molar-refractivity contribution in [3.63, 3.8) is 0 Å². The Bertz CT molecular complexity index is 602. The summed E-state index contributed by atoms with van der Waals surface area (Å²) in [5.74, 6) is -0.436. The molecule has 0 saturated carbocycles. The predicted molar refractivity (Wildman–Crippen MR) is 71.4 cm³/mol. The molecule has 1 amide bonds. The topological polar surface area (TPSA) is 46.9 Å². The summed E-state index contributed by atoms with van der Waals surface area (Å²) in [5.41, 5.74) is 3.21. The van der Waals surface area contributed by atoms with Gasteiger partial charge in [0.1, 0.15) is 5.82 Å². The van der Waals surface area contributed by atoms with E-state index < -0.39 is 0 Å². The molecule has 1 N–H and O–H groups in total. The van der Waals surface area contributed by atoms with E-state index in [9.17, 15) is 9.18 Å².